The zero-order chi connectivity index (χ0) is 14.4. The van der Waals surface area contributed by atoms with E-state index < -0.39 is 0 Å². The Balaban J connectivity index is 1.94. The quantitative estimate of drug-likeness (QED) is 0.799. The summed E-state index contributed by atoms with van der Waals surface area (Å²) in [5.41, 5.74) is 1.91. The van der Waals surface area contributed by atoms with Crippen LogP contribution in [0, 0.1) is 3.57 Å². The van der Waals surface area contributed by atoms with Gasteiger partial charge in [-0.1, -0.05) is 30.3 Å². The molecular formula is C16H16INO2. The van der Waals surface area contributed by atoms with Crippen molar-refractivity contribution in [1.29, 1.82) is 0 Å². The monoisotopic (exact) mass is 381 g/mol. The molecule has 3 nitrogen and oxygen atoms in total. The maximum absolute atomic E-state index is 12.0. The van der Waals surface area contributed by atoms with Crippen molar-refractivity contribution in [3.63, 3.8) is 0 Å². The second-order valence-electron chi connectivity index (χ2n) is 4.34. The Bertz CT molecular complexity index is 599. The van der Waals surface area contributed by atoms with Gasteiger partial charge in [0.05, 0.1) is 12.8 Å². The van der Waals surface area contributed by atoms with Crippen LogP contribution in [-0.2, 0) is 11.2 Å². The highest BCUT2D eigenvalue weighted by Crippen LogP contribution is 2.20. The second kappa shape index (κ2) is 7.28. The molecule has 0 saturated carbocycles. The third-order valence-electron chi connectivity index (χ3n) is 2.96. The van der Waals surface area contributed by atoms with Crippen LogP contribution in [0.2, 0.25) is 0 Å². The summed E-state index contributed by atoms with van der Waals surface area (Å²) in [6, 6.07) is 15.5. The lowest BCUT2D eigenvalue weighted by molar-refractivity contribution is -0.116. The molecule has 1 N–H and O–H groups in total. The number of methoxy groups -OCH3 is 1. The fourth-order valence-corrected chi connectivity index (χ4v) is 2.46. The lowest BCUT2D eigenvalue weighted by Crippen LogP contribution is -2.13. The first-order valence-corrected chi connectivity index (χ1v) is 7.45. The lowest BCUT2D eigenvalue weighted by Gasteiger charge is -2.09. The van der Waals surface area contributed by atoms with Crippen molar-refractivity contribution in [3.05, 3.63) is 57.7 Å². The topological polar surface area (TPSA) is 38.3 Å². The van der Waals surface area contributed by atoms with Crippen LogP contribution in [-0.4, -0.2) is 13.0 Å². The molecule has 0 fully saturated rings. The van der Waals surface area contributed by atoms with Crippen molar-refractivity contribution < 1.29 is 9.53 Å². The molecule has 0 spiro atoms. The molecule has 4 heteroatoms. The lowest BCUT2D eigenvalue weighted by atomic mass is 10.1. The highest BCUT2D eigenvalue weighted by Gasteiger charge is 2.07. The van der Waals surface area contributed by atoms with E-state index in [1.807, 2.05) is 48.5 Å². The number of para-hydroxylation sites is 2. The van der Waals surface area contributed by atoms with Gasteiger partial charge in [-0.3, -0.25) is 4.79 Å². The smallest absolute Gasteiger partial charge is 0.224 e. The molecule has 0 radical (unpaired) electrons. The van der Waals surface area contributed by atoms with Gasteiger partial charge >= 0.3 is 0 Å². The molecule has 0 unspecified atom stereocenters. The minimum Gasteiger partial charge on any atom is -0.496 e. The van der Waals surface area contributed by atoms with E-state index in [0.29, 0.717) is 12.8 Å². The van der Waals surface area contributed by atoms with Crippen LogP contribution in [0.3, 0.4) is 0 Å². The van der Waals surface area contributed by atoms with E-state index >= 15 is 0 Å². The van der Waals surface area contributed by atoms with Gasteiger partial charge in [0.25, 0.3) is 0 Å². The molecule has 2 aromatic carbocycles. The van der Waals surface area contributed by atoms with E-state index in [0.717, 1.165) is 20.6 Å². The van der Waals surface area contributed by atoms with Crippen molar-refractivity contribution in [2.45, 2.75) is 12.8 Å². The van der Waals surface area contributed by atoms with Crippen molar-refractivity contribution in [1.82, 2.24) is 0 Å². The zero-order valence-corrected chi connectivity index (χ0v) is 13.4. The molecule has 20 heavy (non-hydrogen) atoms. The summed E-state index contributed by atoms with van der Waals surface area (Å²) < 4.78 is 6.32. The van der Waals surface area contributed by atoms with Crippen LogP contribution >= 0.6 is 22.6 Å². The molecule has 104 valence electrons. The number of halogens is 1. The van der Waals surface area contributed by atoms with Gasteiger partial charge in [-0.2, -0.15) is 0 Å². The molecule has 0 aliphatic heterocycles. The zero-order valence-electron chi connectivity index (χ0n) is 11.2. The van der Waals surface area contributed by atoms with Gasteiger partial charge in [-0.15, -0.1) is 0 Å². The SMILES string of the molecule is COc1ccccc1CCC(=O)Nc1ccccc1I. The van der Waals surface area contributed by atoms with Gasteiger partial charge in [-0.25, -0.2) is 0 Å². The van der Waals surface area contributed by atoms with Crippen LogP contribution in [0.15, 0.2) is 48.5 Å². The molecule has 0 aliphatic rings. The van der Waals surface area contributed by atoms with Crippen molar-refractivity contribution >= 4 is 34.2 Å². The Labute approximate surface area is 132 Å². The molecule has 2 aromatic rings. The molecule has 0 saturated heterocycles. The van der Waals surface area contributed by atoms with Crippen molar-refractivity contribution in [3.8, 4) is 5.75 Å². The van der Waals surface area contributed by atoms with Crippen molar-refractivity contribution in [2.75, 3.05) is 12.4 Å². The van der Waals surface area contributed by atoms with Gasteiger partial charge in [0, 0.05) is 9.99 Å². The maximum Gasteiger partial charge on any atom is 0.224 e. The number of ether oxygens (including phenoxy) is 1. The normalized spacial score (nSPS) is 10.1. The number of carbonyl (C=O) groups is 1. The number of amides is 1. The van der Waals surface area contributed by atoms with Crippen LogP contribution in [0.4, 0.5) is 5.69 Å². The Morgan fingerprint density at radius 1 is 1.15 bits per heavy atom. The summed E-state index contributed by atoms with van der Waals surface area (Å²) in [6.45, 7) is 0. The standard InChI is InChI=1S/C16H16INO2/c1-20-15-9-5-2-6-12(15)10-11-16(19)18-14-8-4-3-7-13(14)17/h2-9H,10-11H2,1H3,(H,18,19). The minimum atomic E-state index is 0.0139. The number of hydrogen-bond donors (Lipinski definition) is 1. The van der Waals surface area contributed by atoms with E-state index in [2.05, 4.69) is 27.9 Å². The molecular weight excluding hydrogens is 365 g/mol. The van der Waals surface area contributed by atoms with Crippen molar-refractivity contribution in [2.24, 2.45) is 0 Å². The van der Waals surface area contributed by atoms with Gasteiger partial charge in [-0.05, 0) is 52.8 Å². The summed E-state index contributed by atoms with van der Waals surface area (Å²) >= 11 is 2.21. The Morgan fingerprint density at radius 2 is 1.85 bits per heavy atom. The summed E-state index contributed by atoms with van der Waals surface area (Å²) in [5.74, 6) is 0.842. The van der Waals surface area contributed by atoms with E-state index in [1.165, 1.54) is 0 Å². The van der Waals surface area contributed by atoms with Gasteiger partial charge < -0.3 is 10.1 Å². The Morgan fingerprint density at radius 3 is 2.60 bits per heavy atom. The number of nitrogens with one attached hydrogen (secondary N) is 1. The summed E-state index contributed by atoms with van der Waals surface area (Å²) in [6.07, 6.45) is 1.10. The van der Waals surface area contributed by atoms with Crippen LogP contribution in [0.25, 0.3) is 0 Å². The fourth-order valence-electron chi connectivity index (χ4n) is 1.93. The maximum atomic E-state index is 12.0. The first-order chi connectivity index (χ1) is 9.70. The average molecular weight is 381 g/mol. The summed E-state index contributed by atoms with van der Waals surface area (Å²) in [5, 5.41) is 2.93. The number of rotatable bonds is 5. The molecule has 2 rings (SSSR count). The van der Waals surface area contributed by atoms with Crippen LogP contribution < -0.4 is 10.1 Å². The molecule has 0 heterocycles. The molecule has 0 aromatic heterocycles. The van der Waals surface area contributed by atoms with Crippen LogP contribution in [0.1, 0.15) is 12.0 Å². The molecule has 0 bridgehead atoms. The predicted octanol–water partition coefficient (Wildman–Crippen LogP) is 3.87. The highest BCUT2D eigenvalue weighted by molar-refractivity contribution is 14.1. The second-order valence-corrected chi connectivity index (χ2v) is 5.50. The largest absolute Gasteiger partial charge is 0.496 e. The molecule has 0 aliphatic carbocycles. The molecule has 0 atom stereocenters. The molecule has 1 amide bonds. The highest BCUT2D eigenvalue weighted by atomic mass is 127. The average Bonchev–Trinajstić information content (AvgIpc) is 2.48. The van der Waals surface area contributed by atoms with Gasteiger partial charge in [0.1, 0.15) is 5.75 Å². The van der Waals surface area contributed by atoms with Gasteiger partial charge in [0.15, 0.2) is 0 Å². The summed E-state index contributed by atoms with van der Waals surface area (Å²) in [4.78, 5) is 12.0. The number of anilines is 1. The number of benzene rings is 2. The first-order valence-electron chi connectivity index (χ1n) is 6.37. The van der Waals surface area contributed by atoms with E-state index in [1.54, 1.807) is 7.11 Å². The minimum absolute atomic E-state index is 0.0139. The number of carbonyl (C=O) groups excluding carboxylic acids is 1. The van der Waals surface area contributed by atoms with E-state index in [-0.39, 0.29) is 5.91 Å². The third kappa shape index (κ3) is 3.96. The number of aryl methyl sites for hydroxylation is 1. The first kappa shape index (κ1) is 14.8. The van der Waals surface area contributed by atoms with E-state index in [4.69, 9.17) is 4.74 Å². The van der Waals surface area contributed by atoms with Crippen LogP contribution in [0.5, 0.6) is 5.75 Å². The Kier molecular flexibility index (Phi) is 5.40. The third-order valence-corrected chi connectivity index (χ3v) is 3.90. The fraction of sp³-hybridized carbons (Fsp3) is 0.188. The van der Waals surface area contributed by atoms with Gasteiger partial charge in [0.2, 0.25) is 5.91 Å². The predicted molar refractivity (Wildman–Crippen MR) is 89.1 cm³/mol. The van der Waals surface area contributed by atoms with E-state index in [9.17, 15) is 4.79 Å². The number of hydrogen-bond acceptors (Lipinski definition) is 2. The summed E-state index contributed by atoms with van der Waals surface area (Å²) in [7, 11) is 1.64. The Hall–Kier alpha value is -1.56.